The van der Waals surface area contributed by atoms with Crippen LogP contribution in [0.1, 0.15) is 36.1 Å². The molecule has 0 spiro atoms. The van der Waals surface area contributed by atoms with Gasteiger partial charge < -0.3 is 10.6 Å². The van der Waals surface area contributed by atoms with Gasteiger partial charge in [0.05, 0.1) is 10.7 Å². The first-order chi connectivity index (χ1) is 11.0. The smallest absolute Gasteiger partial charge is 0.225 e. The Morgan fingerprint density at radius 1 is 1.17 bits per heavy atom. The molecule has 2 aromatic rings. The van der Waals surface area contributed by atoms with E-state index in [2.05, 4.69) is 29.7 Å². The molecule has 122 valence electrons. The molecule has 2 N–H and O–H groups in total. The SMILES string of the molecule is Cc1cc(C)c(NC(=O)CCNC(C)c2ccccc2)c(Cl)c1. The van der Waals surface area contributed by atoms with Crippen LogP contribution in [0.3, 0.4) is 0 Å². The number of hydrogen-bond acceptors (Lipinski definition) is 2. The van der Waals surface area contributed by atoms with Crippen LogP contribution in [0.2, 0.25) is 5.02 Å². The Bertz CT molecular complexity index is 647. The molecule has 0 bridgehead atoms. The molecule has 0 saturated carbocycles. The van der Waals surface area contributed by atoms with E-state index < -0.39 is 0 Å². The lowest BCUT2D eigenvalue weighted by Crippen LogP contribution is -2.24. The van der Waals surface area contributed by atoms with E-state index in [1.807, 2.05) is 44.2 Å². The van der Waals surface area contributed by atoms with Crippen molar-refractivity contribution < 1.29 is 4.79 Å². The average molecular weight is 331 g/mol. The minimum atomic E-state index is -0.0355. The predicted octanol–water partition coefficient (Wildman–Crippen LogP) is 4.64. The Morgan fingerprint density at radius 2 is 1.87 bits per heavy atom. The first-order valence-electron chi connectivity index (χ1n) is 7.82. The van der Waals surface area contributed by atoms with Gasteiger partial charge in [-0.3, -0.25) is 4.79 Å². The number of anilines is 1. The lowest BCUT2D eigenvalue weighted by molar-refractivity contribution is -0.116. The summed E-state index contributed by atoms with van der Waals surface area (Å²) in [5.41, 5.74) is 3.99. The third kappa shape index (κ3) is 5.08. The van der Waals surface area contributed by atoms with Crippen molar-refractivity contribution in [1.82, 2.24) is 5.32 Å². The highest BCUT2D eigenvalue weighted by Gasteiger charge is 2.10. The van der Waals surface area contributed by atoms with Crippen molar-refractivity contribution in [2.45, 2.75) is 33.2 Å². The van der Waals surface area contributed by atoms with E-state index in [-0.39, 0.29) is 11.9 Å². The van der Waals surface area contributed by atoms with E-state index in [0.29, 0.717) is 23.7 Å². The summed E-state index contributed by atoms with van der Waals surface area (Å²) in [4.78, 5) is 12.1. The van der Waals surface area contributed by atoms with Gasteiger partial charge in [-0.25, -0.2) is 0 Å². The van der Waals surface area contributed by atoms with Crippen molar-refractivity contribution in [3.8, 4) is 0 Å². The Kier molecular flexibility index (Phi) is 6.20. The van der Waals surface area contributed by atoms with Crippen molar-refractivity contribution in [2.75, 3.05) is 11.9 Å². The fraction of sp³-hybridized carbons (Fsp3) is 0.316. The molecule has 0 heterocycles. The molecule has 2 rings (SSSR count). The fourth-order valence-electron chi connectivity index (χ4n) is 2.54. The zero-order valence-electron chi connectivity index (χ0n) is 13.8. The van der Waals surface area contributed by atoms with Gasteiger partial charge in [-0.2, -0.15) is 0 Å². The van der Waals surface area contributed by atoms with Crippen LogP contribution in [-0.4, -0.2) is 12.5 Å². The van der Waals surface area contributed by atoms with Gasteiger partial charge in [-0.15, -0.1) is 0 Å². The van der Waals surface area contributed by atoms with Crippen molar-refractivity contribution in [1.29, 1.82) is 0 Å². The van der Waals surface area contributed by atoms with E-state index in [0.717, 1.165) is 11.1 Å². The lowest BCUT2D eigenvalue weighted by Gasteiger charge is -2.15. The Labute approximate surface area is 143 Å². The third-order valence-corrected chi connectivity index (χ3v) is 4.10. The highest BCUT2D eigenvalue weighted by atomic mass is 35.5. The molecular formula is C19H23ClN2O. The van der Waals surface area contributed by atoms with Gasteiger partial charge in [0, 0.05) is 19.0 Å². The van der Waals surface area contributed by atoms with Gasteiger partial charge in [0.15, 0.2) is 0 Å². The summed E-state index contributed by atoms with van der Waals surface area (Å²) in [5.74, 6) is -0.0355. The molecular weight excluding hydrogens is 308 g/mol. The second kappa shape index (κ2) is 8.14. The number of nitrogens with one attached hydrogen (secondary N) is 2. The monoisotopic (exact) mass is 330 g/mol. The molecule has 4 heteroatoms. The Hall–Kier alpha value is -1.84. The summed E-state index contributed by atoms with van der Waals surface area (Å²) in [6, 6.07) is 14.3. The summed E-state index contributed by atoms with van der Waals surface area (Å²) in [6.07, 6.45) is 0.404. The van der Waals surface area contributed by atoms with Crippen LogP contribution in [0.4, 0.5) is 5.69 Å². The summed E-state index contributed by atoms with van der Waals surface area (Å²) >= 11 is 6.21. The second-order valence-corrected chi connectivity index (χ2v) is 6.23. The van der Waals surface area contributed by atoms with Crippen LogP contribution >= 0.6 is 11.6 Å². The number of carbonyl (C=O) groups is 1. The van der Waals surface area contributed by atoms with E-state index >= 15 is 0 Å². The van der Waals surface area contributed by atoms with Crippen LogP contribution in [0.5, 0.6) is 0 Å². The molecule has 0 radical (unpaired) electrons. The van der Waals surface area contributed by atoms with Crippen LogP contribution in [0, 0.1) is 13.8 Å². The van der Waals surface area contributed by atoms with Crippen molar-refractivity contribution >= 4 is 23.2 Å². The van der Waals surface area contributed by atoms with Gasteiger partial charge in [0.1, 0.15) is 0 Å². The molecule has 1 unspecified atom stereocenters. The lowest BCUT2D eigenvalue weighted by atomic mass is 10.1. The molecule has 0 aliphatic rings. The average Bonchev–Trinajstić information content (AvgIpc) is 2.51. The number of hydrogen-bond donors (Lipinski definition) is 2. The maximum Gasteiger partial charge on any atom is 0.225 e. The minimum absolute atomic E-state index is 0.0355. The third-order valence-electron chi connectivity index (χ3n) is 3.80. The molecule has 1 amide bonds. The van der Waals surface area contributed by atoms with E-state index in [1.54, 1.807) is 0 Å². The normalized spacial score (nSPS) is 12.0. The van der Waals surface area contributed by atoms with Gasteiger partial charge in [-0.05, 0) is 43.5 Å². The number of amides is 1. The number of carbonyl (C=O) groups excluding carboxylic acids is 1. The maximum atomic E-state index is 12.1. The molecule has 0 aliphatic heterocycles. The van der Waals surface area contributed by atoms with Crippen molar-refractivity contribution in [3.05, 3.63) is 64.2 Å². The van der Waals surface area contributed by atoms with Crippen LogP contribution in [-0.2, 0) is 4.79 Å². The minimum Gasteiger partial charge on any atom is -0.325 e. The van der Waals surface area contributed by atoms with E-state index in [9.17, 15) is 4.79 Å². The van der Waals surface area contributed by atoms with Crippen molar-refractivity contribution in [2.24, 2.45) is 0 Å². The molecule has 0 saturated heterocycles. The molecule has 2 aromatic carbocycles. The van der Waals surface area contributed by atoms with Crippen LogP contribution < -0.4 is 10.6 Å². The molecule has 0 aromatic heterocycles. The predicted molar refractivity (Wildman–Crippen MR) is 97.0 cm³/mol. The largest absolute Gasteiger partial charge is 0.325 e. The first kappa shape index (κ1) is 17.5. The first-order valence-corrected chi connectivity index (χ1v) is 8.20. The zero-order chi connectivity index (χ0) is 16.8. The zero-order valence-corrected chi connectivity index (χ0v) is 14.6. The van der Waals surface area contributed by atoms with Gasteiger partial charge in [-0.1, -0.05) is 48.0 Å². The number of rotatable bonds is 6. The Morgan fingerprint density at radius 3 is 2.52 bits per heavy atom. The van der Waals surface area contributed by atoms with Crippen LogP contribution in [0.15, 0.2) is 42.5 Å². The van der Waals surface area contributed by atoms with Crippen LogP contribution in [0.25, 0.3) is 0 Å². The molecule has 1 atom stereocenters. The number of aryl methyl sites for hydroxylation is 2. The van der Waals surface area contributed by atoms with Gasteiger partial charge in [0.2, 0.25) is 5.91 Å². The maximum absolute atomic E-state index is 12.1. The van der Waals surface area contributed by atoms with E-state index in [4.69, 9.17) is 11.6 Å². The summed E-state index contributed by atoms with van der Waals surface area (Å²) in [7, 11) is 0. The van der Waals surface area contributed by atoms with E-state index in [1.165, 1.54) is 5.56 Å². The molecule has 3 nitrogen and oxygen atoms in total. The topological polar surface area (TPSA) is 41.1 Å². The molecule has 0 fully saturated rings. The highest BCUT2D eigenvalue weighted by molar-refractivity contribution is 6.34. The van der Waals surface area contributed by atoms with Crippen molar-refractivity contribution in [3.63, 3.8) is 0 Å². The highest BCUT2D eigenvalue weighted by Crippen LogP contribution is 2.27. The van der Waals surface area contributed by atoms with Gasteiger partial charge in [0.25, 0.3) is 0 Å². The fourth-order valence-corrected chi connectivity index (χ4v) is 2.91. The standard InChI is InChI=1S/C19H23ClN2O/c1-13-11-14(2)19(17(20)12-13)22-18(23)9-10-21-15(3)16-7-5-4-6-8-16/h4-8,11-12,15,21H,9-10H2,1-3H3,(H,22,23). The molecule has 0 aliphatic carbocycles. The summed E-state index contributed by atoms with van der Waals surface area (Å²) in [5, 5.41) is 6.85. The quantitative estimate of drug-likeness (QED) is 0.810. The molecule has 23 heavy (non-hydrogen) atoms. The second-order valence-electron chi connectivity index (χ2n) is 5.82. The Balaban J connectivity index is 1.84. The van der Waals surface area contributed by atoms with Gasteiger partial charge >= 0.3 is 0 Å². The number of benzene rings is 2. The summed E-state index contributed by atoms with van der Waals surface area (Å²) in [6.45, 7) is 6.64. The number of halogens is 1. The summed E-state index contributed by atoms with van der Waals surface area (Å²) < 4.78 is 0.